The van der Waals surface area contributed by atoms with E-state index in [9.17, 15) is 0 Å². The van der Waals surface area contributed by atoms with Crippen LogP contribution in [0.3, 0.4) is 0 Å². The molecule has 0 aromatic rings. The van der Waals surface area contributed by atoms with Crippen LogP contribution >= 0.6 is 0 Å². The number of rotatable bonds is 3. The second-order valence-corrected chi connectivity index (χ2v) is 7.77. The molecule has 2 heteroatoms. The van der Waals surface area contributed by atoms with Crippen LogP contribution in [0.2, 0.25) is 19.6 Å². The topological polar surface area (TPSA) is 9.23 Å². The molecule has 0 saturated carbocycles. The van der Waals surface area contributed by atoms with E-state index in [-0.39, 0.29) is 6.10 Å². The third kappa shape index (κ3) is 5.83. The summed E-state index contributed by atoms with van der Waals surface area (Å²) in [6.45, 7) is 12.0. The SMILES string of the molecule is C=C=C[C@@H](C)O[Si](C)(C)C. The van der Waals surface area contributed by atoms with E-state index in [0.717, 1.165) is 0 Å². The van der Waals surface area contributed by atoms with Crippen LogP contribution in [-0.4, -0.2) is 14.4 Å². The van der Waals surface area contributed by atoms with Crippen molar-refractivity contribution in [2.75, 3.05) is 0 Å². The Morgan fingerprint density at radius 1 is 1.50 bits per heavy atom. The van der Waals surface area contributed by atoms with Crippen molar-refractivity contribution in [1.82, 2.24) is 0 Å². The Morgan fingerprint density at radius 3 is 2.30 bits per heavy atom. The summed E-state index contributed by atoms with van der Waals surface area (Å²) in [7, 11) is -1.36. The molecule has 1 nitrogen and oxygen atoms in total. The van der Waals surface area contributed by atoms with E-state index < -0.39 is 8.32 Å². The first-order valence-corrected chi connectivity index (χ1v) is 6.90. The average Bonchev–Trinajstić information content (AvgIpc) is 1.59. The minimum Gasteiger partial charge on any atom is -0.411 e. The molecule has 1 atom stereocenters. The van der Waals surface area contributed by atoms with Gasteiger partial charge in [-0.2, -0.15) is 0 Å². The standard InChI is InChI=1S/C8H16OSi/c1-6-7-8(2)9-10(3,4)5/h7-8H,1H2,2-5H3/t8-/m1/s1. The normalized spacial score (nSPS) is 14.0. The lowest BCUT2D eigenvalue weighted by molar-refractivity contribution is 0.263. The summed E-state index contributed by atoms with van der Waals surface area (Å²) in [6, 6.07) is 0. The van der Waals surface area contributed by atoms with Gasteiger partial charge in [0.1, 0.15) is 0 Å². The maximum Gasteiger partial charge on any atom is 0.184 e. The molecule has 0 radical (unpaired) electrons. The summed E-state index contributed by atoms with van der Waals surface area (Å²) in [4.78, 5) is 0. The lowest BCUT2D eigenvalue weighted by Gasteiger charge is -2.20. The van der Waals surface area contributed by atoms with E-state index in [0.29, 0.717) is 0 Å². The second kappa shape index (κ2) is 3.77. The van der Waals surface area contributed by atoms with E-state index in [1.54, 1.807) is 0 Å². The molecule has 58 valence electrons. The van der Waals surface area contributed by atoms with Crippen molar-refractivity contribution < 1.29 is 4.43 Å². The Hall–Kier alpha value is -0.303. The van der Waals surface area contributed by atoms with Crippen LogP contribution < -0.4 is 0 Å². The van der Waals surface area contributed by atoms with Crippen LogP contribution in [-0.2, 0) is 4.43 Å². The van der Waals surface area contributed by atoms with E-state index in [2.05, 4.69) is 32.0 Å². The zero-order chi connectivity index (χ0) is 8.20. The van der Waals surface area contributed by atoms with Crippen molar-refractivity contribution in [3.05, 3.63) is 18.4 Å². The fraction of sp³-hybridized carbons (Fsp3) is 0.625. The maximum absolute atomic E-state index is 5.66. The maximum atomic E-state index is 5.66. The molecular weight excluding hydrogens is 140 g/mol. The van der Waals surface area contributed by atoms with Gasteiger partial charge in [0.05, 0.1) is 6.10 Å². The summed E-state index contributed by atoms with van der Waals surface area (Å²) >= 11 is 0. The highest BCUT2D eigenvalue weighted by Crippen LogP contribution is 2.06. The van der Waals surface area contributed by atoms with Gasteiger partial charge in [0.25, 0.3) is 0 Å². The molecule has 0 aromatic carbocycles. The van der Waals surface area contributed by atoms with Gasteiger partial charge in [-0.05, 0) is 32.6 Å². The molecule has 0 amide bonds. The summed E-state index contributed by atoms with van der Waals surface area (Å²) in [5.74, 6) is 0. The number of hydrogen-bond donors (Lipinski definition) is 0. The molecule has 0 rings (SSSR count). The van der Waals surface area contributed by atoms with Gasteiger partial charge >= 0.3 is 0 Å². The van der Waals surface area contributed by atoms with E-state index in [1.807, 2.05) is 13.0 Å². The molecule has 0 aromatic heterocycles. The third-order valence-electron chi connectivity index (χ3n) is 0.892. The van der Waals surface area contributed by atoms with Crippen LogP contribution in [0.1, 0.15) is 6.92 Å². The molecule has 0 bridgehead atoms. The second-order valence-electron chi connectivity index (χ2n) is 3.31. The van der Waals surface area contributed by atoms with E-state index >= 15 is 0 Å². The van der Waals surface area contributed by atoms with Crippen LogP contribution in [0.5, 0.6) is 0 Å². The summed E-state index contributed by atoms with van der Waals surface area (Å²) < 4.78 is 5.66. The Balaban J connectivity index is 3.79. The molecule has 10 heavy (non-hydrogen) atoms. The average molecular weight is 156 g/mol. The molecule has 0 saturated heterocycles. The quantitative estimate of drug-likeness (QED) is 0.451. The van der Waals surface area contributed by atoms with Gasteiger partial charge < -0.3 is 4.43 Å². The van der Waals surface area contributed by atoms with Gasteiger partial charge in [0.2, 0.25) is 0 Å². The van der Waals surface area contributed by atoms with Crippen molar-refractivity contribution in [2.24, 2.45) is 0 Å². The van der Waals surface area contributed by atoms with Crippen LogP contribution in [0, 0.1) is 0 Å². The van der Waals surface area contributed by atoms with Gasteiger partial charge in [-0.15, -0.1) is 5.73 Å². The number of hydrogen-bond acceptors (Lipinski definition) is 1. The predicted octanol–water partition coefficient (Wildman–Crippen LogP) is 2.57. The molecule has 0 aliphatic rings. The molecule has 0 unspecified atom stereocenters. The van der Waals surface area contributed by atoms with Crippen molar-refractivity contribution >= 4 is 8.32 Å². The smallest absolute Gasteiger partial charge is 0.184 e. The molecule has 0 aliphatic carbocycles. The van der Waals surface area contributed by atoms with E-state index in [1.165, 1.54) is 0 Å². The van der Waals surface area contributed by atoms with Crippen molar-refractivity contribution in [3.63, 3.8) is 0 Å². The highest BCUT2D eigenvalue weighted by molar-refractivity contribution is 6.69. The minimum absolute atomic E-state index is 0.171. The van der Waals surface area contributed by atoms with Crippen molar-refractivity contribution in [2.45, 2.75) is 32.7 Å². The van der Waals surface area contributed by atoms with Gasteiger partial charge in [-0.1, -0.05) is 6.58 Å². The summed E-state index contributed by atoms with van der Waals surface area (Å²) in [5, 5.41) is 0. The monoisotopic (exact) mass is 156 g/mol. The Kier molecular flexibility index (Phi) is 3.65. The van der Waals surface area contributed by atoms with E-state index in [4.69, 9.17) is 4.43 Å². The molecule has 0 aliphatic heterocycles. The minimum atomic E-state index is -1.36. The fourth-order valence-electron chi connectivity index (χ4n) is 0.758. The lowest BCUT2D eigenvalue weighted by Crippen LogP contribution is -2.29. The Labute approximate surface area is 64.5 Å². The van der Waals surface area contributed by atoms with Crippen molar-refractivity contribution in [1.29, 1.82) is 0 Å². The molecule has 0 N–H and O–H groups in total. The lowest BCUT2D eigenvalue weighted by atomic mass is 10.4. The molecular formula is C8H16OSi. The Morgan fingerprint density at radius 2 is 2.00 bits per heavy atom. The van der Waals surface area contributed by atoms with Gasteiger partial charge in [0, 0.05) is 0 Å². The van der Waals surface area contributed by atoms with Gasteiger partial charge in [-0.25, -0.2) is 0 Å². The Bertz CT molecular complexity index is 140. The molecule has 0 spiro atoms. The third-order valence-corrected chi connectivity index (χ3v) is 1.97. The summed E-state index contributed by atoms with van der Waals surface area (Å²) in [5.41, 5.74) is 2.71. The highest BCUT2D eigenvalue weighted by atomic mass is 28.4. The predicted molar refractivity (Wildman–Crippen MR) is 47.6 cm³/mol. The van der Waals surface area contributed by atoms with Gasteiger partial charge in [0.15, 0.2) is 8.32 Å². The van der Waals surface area contributed by atoms with Crippen molar-refractivity contribution in [3.8, 4) is 0 Å². The fourth-order valence-corrected chi connectivity index (χ4v) is 1.94. The van der Waals surface area contributed by atoms with Gasteiger partial charge in [-0.3, -0.25) is 0 Å². The van der Waals surface area contributed by atoms with Crippen LogP contribution in [0.25, 0.3) is 0 Å². The first kappa shape index (κ1) is 9.70. The molecule has 0 heterocycles. The van der Waals surface area contributed by atoms with Crippen LogP contribution in [0.4, 0.5) is 0 Å². The first-order valence-electron chi connectivity index (χ1n) is 3.49. The zero-order valence-corrected chi connectivity index (χ0v) is 8.27. The first-order chi connectivity index (χ1) is 4.45. The summed E-state index contributed by atoms with van der Waals surface area (Å²) in [6.07, 6.45) is 2.02. The largest absolute Gasteiger partial charge is 0.411 e. The van der Waals surface area contributed by atoms with Crippen LogP contribution in [0.15, 0.2) is 18.4 Å². The highest BCUT2D eigenvalue weighted by Gasteiger charge is 2.16. The molecule has 0 fully saturated rings. The zero-order valence-electron chi connectivity index (χ0n) is 7.27.